The van der Waals surface area contributed by atoms with Gasteiger partial charge < -0.3 is 24.8 Å². The number of benzene rings is 2. The lowest BCUT2D eigenvalue weighted by molar-refractivity contribution is 0.0468. The summed E-state index contributed by atoms with van der Waals surface area (Å²) in [4.78, 5) is 31.1. The van der Waals surface area contributed by atoms with Gasteiger partial charge in [-0.05, 0) is 96.3 Å². The summed E-state index contributed by atoms with van der Waals surface area (Å²) < 4.78 is 11.3. The molecule has 1 atom stereocenters. The molecule has 0 aromatic heterocycles. The zero-order chi connectivity index (χ0) is 35.3. The van der Waals surface area contributed by atoms with Crippen LogP contribution in [0.5, 0.6) is 0 Å². The van der Waals surface area contributed by atoms with E-state index in [4.69, 9.17) is 21.1 Å². The maximum Gasteiger partial charge on any atom is 0.336 e. The average Bonchev–Trinajstić information content (AvgIpc) is 3.04. The summed E-state index contributed by atoms with van der Waals surface area (Å²) in [5.74, 6) is -0.582. The number of alkyl halides is 1. The molecule has 0 saturated carbocycles. The third-order valence-electron chi connectivity index (χ3n) is 10.8. The number of aromatic carboxylic acids is 1. The van der Waals surface area contributed by atoms with Crippen LogP contribution in [0.1, 0.15) is 96.7 Å². The van der Waals surface area contributed by atoms with Crippen LogP contribution in [-0.4, -0.2) is 92.5 Å². The van der Waals surface area contributed by atoms with E-state index < -0.39 is 5.97 Å². The number of fused-ring (bicyclic) bond motifs is 2. The minimum absolute atomic E-state index is 0.174. The van der Waals surface area contributed by atoms with Crippen molar-refractivity contribution in [1.82, 2.24) is 10.2 Å². The number of amides is 1. The van der Waals surface area contributed by atoms with Gasteiger partial charge in [-0.15, -0.1) is 11.6 Å². The van der Waals surface area contributed by atoms with Gasteiger partial charge in [0, 0.05) is 61.9 Å². The second-order valence-electron chi connectivity index (χ2n) is 14.6. The van der Waals surface area contributed by atoms with Crippen LogP contribution in [0.25, 0.3) is 5.57 Å². The van der Waals surface area contributed by atoms with Crippen LogP contribution in [0.4, 0.5) is 5.69 Å². The van der Waals surface area contributed by atoms with Crippen LogP contribution in [0.2, 0.25) is 0 Å². The number of allylic oxidation sites excluding steroid dienone is 3. The molecule has 268 valence electrons. The highest BCUT2D eigenvalue weighted by atomic mass is 35.5. The molecule has 2 aromatic carbocycles. The minimum Gasteiger partial charge on any atom is -0.478 e. The van der Waals surface area contributed by atoms with E-state index in [1.807, 2.05) is 0 Å². The third kappa shape index (κ3) is 7.59. The van der Waals surface area contributed by atoms with Crippen LogP contribution in [-0.2, 0) is 14.9 Å². The standard InChI is InChI=1S/C41H52ClN3O5/c1-40(2)35-27-30(44-18-8-19-44)11-13-32(35)37(33-14-15-41(3,28-36(33)40)45-20-9-21-45)34-26-29(10-12-31(34)39(47)48)38(46)43-17-23-50-25-24-49-22-7-5-4-6-16-42/h10-15,26-28H,4-9,16-25H2,1-3H3,(H,43,46)(H,47,48). The molecule has 0 radical (unpaired) electrons. The molecule has 50 heavy (non-hydrogen) atoms. The summed E-state index contributed by atoms with van der Waals surface area (Å²) in [5.41, 5.74) is 7.04. The summed E-state index contributed by atoms with van der Waals surface area (Å²) in [6, 6.07) is 11.5. The van der Waals surface area contributed by atoms with Crippen LogP contribution < -0.4 is 10.2 Å². The fourth-order valence-electron chi connectivity index (χ4n) is 7.50. The van der Waals surface area contributed by atoms with Crippen molar-refractivity contribution in [1.29, 1.82) is 0 Å². The van der Waals surface area contributed by atoms with E-state index in [1.54, 1.807) is 18.2 Å². The number of unbranched alkanes of at least 4 members (excludes halogenated alkanes) is 3. The molecular weight excluding hydrogens is 650 g/mol. The van der Waals surface area contributed by atoms with Crippen molar-refractivity contribution in [2.45, 2.75) is 70.3 Å². The molecule has 2 aromatic rings. The largest absolute Gasteiger partial charge is 0.478 e. The summed E-state index contributed by atoms with van der Waals surface area (Å²) >= 11 is 5.72. The smallest absolute Gasteiger partial charge is 0.336 e. The highest BCUT2D eigenvalue weighted by Crippen LogP contribution is 2.53. The van der Waals surface area contributed by atoms with Crippen molar-refractivity contribution in [3.8, 4) is 0 Å². The number of hydrogen-bond acceptors (Lipinski definition) is 6. The van der Waals surface area contributed by atoms with E-state index in [2.05, 4.69) is 72.3 Å². The number of carboxylic acid groups (broad SMARTS) is 1. The second-order valence-corrected chi connectivity index (χ2v) is 15.0. The summed E-state index contributed by atoms with van der Waals surface area (Å²) in [7, 11) is 0. The highest BCUT2D eigenvalue weighted by molar-refractivity contribution is 6.17. The first-order chi connectivity index (χ1) is 24.1. The van der Waals surface area contributed by atoms with Crippen LogP contribution >= 0.6 is 11.6 Å². The average molecular weight is 702 g/mol. The van der Waals surface area contributed by atoms with E-state index in [0.717, 1.165) is 68.6 Å². The van der Waals surface area contributed by atoms with Crippen molar-refractivity contribution in [3.63, 3.8) is 0 Å². The van der Waals surface area contributed by atoms with Gasteiger partial charge in [0.15, 0.2) is 0 Å². The Labute approximate surface area is 302 Å². The van der Waals surface area contributed by atoms with Gasteiger partial charge in [-0.25, -0.2) is 4.79 Å². The molecule has 2 N–H and O–H groups in total. The fraction of sp³-hybridized carbons (Fsp3) is 0.512. The maximum atomic E-state index is 13.4. The Kier molecular flexibility index (Phi) is 11.5. The molecule has 0 spiro atoms. The molecule has 2 aliphatic heterocycles. The Hall–Kier alpha value is -3.43. The molecule has 1 amide bonds. The second kappa shape index (κ2) is 15.9. The molecule has 2 aliphatic carbocycles. The number of halogens is 1. The zero-order valence-corrected chi connectivity index (χ0v) is 30.6. The van der Waals surface area contributed by atoms with Crippen LogP contribution in [0, 0.1) is 0 Å². The van der Waals surface area contributed by atoms with Gasteiger partial charge in [-0.2, -0.15) is 0 Å². The van der Waals surface area contributed by atoms with Gasteiger partial charge in [0.2, 0.25) is 0 Å². The fourth-order valence-corrected chi connectivity index (χ4v) is 7.69. The number of rotatable bonds is 17. The van der Waals surface area contributed by atoms with Crippen molar-refractivity contribution >= 4 is 34.7 Å². The maximum absolute atomic E-state index is 13.4. The summed E-state index contributed by atoms with van der Waals surface area (Å²) in [6.45, 7) is 13.4. The number of hydrogen-bond donors (Lipinski definition) is 2. The van der Waals surface area contributed by atoms with E-state index in [9.17, 15) is 14.7 Å². The number of likely N-dealkylation sites (tertiary alicyclic amines) is 1. The number of nitrogens with zero attached hydrogens (tertiary/aromatic N) is 2. The molecule has 2 heterocycles. The van der Waals surface area contributed by atoms with Gasteiger partial charge in [0.25, 0.3) is 5.91 Å². The number of carbonyl (C=O) groups is 2. The van der Waals surface area contributed by atoms with E-state index >= 15 is 0 Å². The Morgan fingerprint density at radius 1 is 0.880 bits per heavy atom. The normalized spacial score (nSPS) is 20.8. The lowest BCUT2D eigenvalue weighted by Crippen LogP contribution is -2.52. The lowest BCUT2D eigenvalue weighted by atomic mass is 9.62. The van der Waals surface area contributed by atoms with Crippen LogP contribution in [0.3, 0.4) is 0 Å². The minimum atomic E-state index is -1.02. The predicted molar refractivity (Wildman–Crippen MR) is 201 cm³/mol. The molecule has 2 fully saturated rings. The van der Waals surface area contributed by atoms with Crippen molar-refractivity contribution in [3.05, 3.63) is 93.6 Å². The number of anilines is 1. The van der Waals surface area contributed by atoms with Crippen molar-refractivity contribution < 1.29 is 24.2 Å². The summed E-state index contributed by atoms with van der Waals surface area (Å²) in [6.07, 6.45) is 13.5. The number of carbonyl (C=O) groups excluding carboxylic acids is 1. The van der Waals surface area contributed by atoms with Gasteiger partial charge in [-0.1, -0.05) is 51.0 Å². The first-order valence-corrected chi connectivity index (χ1v) is 18.9. The lowest BCUT2D eigenvalue weighted by Gasteiger charge is -2.48. The van der Waals surface area contributed by atoms with Crippen molar-refractivity contribution in [2.24, 2.45) is 0 Å². The molecule has 8 nitrogen and oxygen atoms in total. The van der Waals surface area contributed by atoms with Crippen LogP contribution in [0.15, 0.2) is 65.8 Å². The molecule has 2 saturated heterocycles. The first-order valence-electron chi connectivity index (χ1n) is 18.3. The van der Waals surface area contributed by atoms with Crippen molar-refractivity contribution in [2.75, 3.05) is 69.9 Å². The summed E-state index contributed by atoms with van der Waals surface area (Å²) in [5, 5.41) is 13.4. The Morgan fingerprint density at radius 2 is 1.62 bits per heavy atom. The molecule has 4 aliphatic rings. The molecule has 0 bridgehead atoms. The predicted octanol–water partition coefficient (Wildman–Crippen LogP) is 7.21. The van der Waals surface area contributed by atoms with E-state index in [-0.39, 0.29) is 22.4 Å². The zero-order valence-electron chi connectivity index (χ0n) is 29.9. The van der Waals surface area contributed by atoms with E-state index in [0.29, 0.717) is 50.0 Å². The Bertz CT molecular complexity index is 1670. The highest BCUT2D eigenvalue weighted by Gasteiger charge is 2.43. The third-order valence-corrected chi connectivity index (χ3v) is 11.1. The monoisotopic (exact) mass is 701 g/mol. The number of nitrogens with one attached hydrogen (secondary N) is 1. The van der Waals surface area contributed by atoms with Gasteiger partial charge in [0.1, 0.15) is 0 Å². The number of ether oxygens (including phenoxy) is 2. The molecule has 9 heteroatoms. The SMILES string of the molecule is CC1(C)C2=CC(C)(N3CCC3)C=CC2=C(c2cc(C(=O)NCCOCCOCCCCCCCl)ccc2C(=O)O)c2ccc(N3CCC3)cc21. The van der Waals surface area contributed by atoms with Gasteiger partial charge in [-0.3, -0.25) is 9.69 Å². The topological polar surface area (TPSA) is 91.3 Å². The Morgan fingerprint density at radius 3 is 2.30 bits per heavy atom. The number of carboxylic acids is 1. The Balaban J connectivity index is 1.25. The molecule has 1 unspecified atom stereocenters. The molecule has 6 rings (SSSR count). The first kappa shape index (κ1) is 36.4. The van der Waals surface area contributed by atoms with Gasteiger partial charge in [0.05, 0.1) is 30.9 Å². The van der Waals surface area contributed by atoms with Gasteiger partial charge >= 0.3 is 5.97 Å². The quantitative estimate of drug-likeness (QED) is 0.133. The molecular formula is C41H52ClN3O5. The van der Waals surface area contributed by atoms with E-state index in [1.165, 1.54) is 29.7 Å².